The van der Waals surface area contributed by atoms with Crippen LogP contribution in [0.2, 0.25) is 5.02 Å². The van der Waals surface area contributed by atoms with Gasteiger partial charge in [0, 0.05) is 22.5 Å². The fourth-order valence-corrected chi connectivity index (χ4v) is 3.88. The molecule has 5 rings (SSSR count). The molecule has 10 heteroatoms. The molecule has 0 spiro atoms. The number of nitrogens with one attached hydrogen (secondary N) is 1. The number of aromatic nitrogens is 3. The lowest BCUT2D eigenvalue weighted by Gasteiger charge is -2.08. The summed E-state index contributed by atoms with van der Waals surface area (Å²) in [6, 6.07) is 19.3. The zero-order valence-corrected chi connectivity index (χ0v) is 20.4. The number of hydrogen-bond donors (Lipinski definition) is 1. The molecule has 1 N–H and O–H groups in total. The summed E-state index contributed by atoms with van der Waals surface area (Å²) in [6.45, 7) is 2.14. The van der Waals surface area contributed by atoms with Crippen molar-refractivity contribution in [2.24, 2.45) is 0 Å². The predicted octanol–water partition coefficient (Wildman–Crippen LogP) is 5.65. The molecule has 0 atom stereocenters. The van der Waals surface area contributed by atoms with E-state index in [0.29, 0.717) is 33.6 Å². The molecule has 0 unspecified atom stereocenters. The van der Waals surface area contributed by atoms with Crippen molar-refractivity contribution < 1.29 is 23.5 Å². The third-order valence-corrected chi connectivity index (χ3v) is 5.61. The number of esters is 1. The summed E-state index contributed by atoms with van der Waals surface area (Å²) >= 11 is 5.97. The summed E-state index contributed by atoms with van der Waals surface area (Å²) in [5, 5.41) is 7.72. The summed E-state index contributed by atoms with van der Waals surface area (Å²) < 4.78 is 18.0. The number of benzene rings is 2. The van der Waals surface area contributed by atoms with Gasteiger partial charge in [0.25, 0.3) is 5.91 Å². The van der Waals surface area contributed by atoms with Crippen molar-refractivity contribution in [1.29, 1.82) is 0 Å². The molecule has 37 heavy (non-hydrogen) atoms. The third kappa shape index (κ3) is 5.31. The molecule has 0 saturated heterocycles. The van der Waals surface area contributed by atoms with E-state index in [-0.39, 0.29) is 24.5 Å². The number of carbonyl (C=O) groups is 2. The maximum atomic E-state index is 12.8. The Labute approximate surface area is 216 Å². The van der Waals surface area contributed by atoms with E-state index < -0.39 is 11.9 Å². The van der Waals surface area contributed by atoms with Crippen molar-refractivity contribution in [3.05, 3.63) is 101 Å². The van der Waals surface area contributed by atoms with Crippen LogP contribution in [0.25, 0.3) is 16.9 Å². The molecule has 0 fully saturated rings. The highest BCUT2D eigenvalue weighted by Crippen LogP contribution is 2.25. The molecule has 0 radical (unpaired) electrons. The molecule has 5 aromatic rings. The van der Waals surface area contributed by atoms with Gasteiger partial charge in [0.1, 0.15) is 23.7 Å². The van der Waals surface area contributed by atoms with Crippen LogP contribution in [0.4, 0.5) is 5.69 Å². The maximum Gasteiger partial charge on any atom is 0.343 e. The first-order valence-corrected chi connectivity index (χ1v) is 11.8. The first-order chi connectivity index (χ1) is 18.0. The zero-order chi connectivity index (χ0) is 25.8. The highest BCUT2D eigenvalue weighted by atomic mass is 35.5. The quantitative estimate of drug-likeness (QED) is 0.265. The largest absolute Gasteiger partial charge is 0.486 e. The van der Waals surface area contributed by atoms with Gasteiger partial charge < -0.3 is 19.2 Å². The first-order valence-electron chi connectivity index (χ1n) is 11.4. The van der Waals surface area contributed by atoms with Gasteiger partial charge >= 0.3 is 5.97 Å². The molecular formula is C27H21ClN4O5. The van der Waals surface area contributed by atoms with E-state index in [0.717, 1.165) is 5.56 Å². The van der Waals surface area contributed by atoms with Crippen LogP contribution in [0, 0.1) is 0 Å². The first kappa shape index (κ1) is 24.1. The van der Waals surface area contributed by atoms with E-state index >= 15 is 0 Å². The minimum atomic E-state index is -0.487. The fraction of sp³-hybridized carbons (Fsp3) is 0.111. The monoisotopic (exact) mass is 516 g/mol. The third-order valence-electron chi connectivity index (χ3n) is 5.38. The van der Waals surface area contributed by atoms with Crippen molar-refractivity contribution in [3.63, 3.8) is 0 Å². The molecule has 186 valence electrons. The standard InChI is InChI=1S/C27H21ClN4O5/c1-2-35-27(34)22-15-30-32-23(11-12-29-25(22)32)17-5-3-7-19(13-17)31-26(33)24-10-9-21(37-24)16-36-20-8-4-6-18(28)14-20/h3-15H,2,16H2,1H3,(H,31,33). The number of halogens is 1. The van der Waals surface area contributed by atoms with Gasteiger partial charge in [-0.2, -0.15) is 5.10 Å². The second-order valence-electron chi connectivity index (χ2n) is 7.89. The number of hydrogen-bond acceptors (Lipinski definition) is 7. The molecule has 9 nitrogen and oxygen atoms in total. The number of furan rings is 1. The van der Waals surface area contributed by atoms with Crippen LogP contribution in [0.5, 0.6) is 5.75 Å². The Morgan fingerprint density at radius 3 is 2.78 bits per heavy atom. The second-order valence-corrected chi connectivity index (χ2v) is 8.33. The molecule has 3 heterocycles. The van der Waals surface area contributed by atoms with Crippen LogP contribution in [0.3, 0.4) is 0 Å². The van der Waals surface area contributed by atoms with Gasteiger partial charge in [0.05, 0.1) is 18.5 Å². The van der Waals surface area contributed by atoms with Crippen LogP contribution < -0.4 is 10.1 Å². The summed E-state index contributed by atoms with van der Waals surface area (Å²) in [4.78, 5) is 29.3. The van der Waals surface area contributed by atoms with E-state index in [2.05, 4.69) is 15.4 Å². The van der Waals surface area contributed by atoms with Crippen molar-refractivity contribution in [3.8, 4) is 17.0 Å². The van der Waals surface area contributed by atoms with E-state index in [9.17, 15) is 9.59 Å². The molecule has 0 saturated carbocycles. The zero-order valence-electron chi connectivity index (χ0n) is 19.7. The average molecular weight is 517 g/mol. The molecule has 1 amide bonds. The van der Waals surface area contributed by atoms with Gasteiger partial charge in [-0.05, 0) is 55.5 Å². The number of anilines is 1. The van der Waals surface area contributed by atoms with Gasteiger partial charge in [0.2, 0.25) is 0 Å². The molecule has 2 aromatic carbocycles. The SMILES string of the molecule is CCOC(=O)c1cnn2c(-c3cccc(NC(=O)c4ccc(COc5cccc(Cl)c5)o4)c3)ccnc12. The van der Waals surface area contributed by atoms with Crippen molar-refractivity contribution in [2.75, 3.05) is 11.9 Å². The van der Waals surface area contributed by atoms with Crippen molar-refractivity contribution in [2.45, 2.75) is 13.5 Å². The summed E-state index contributed by atoms with van der Waals surface area (Å²) in [5.41, 5.74) is 2.67. The second kappa shape index (κ2) is 10.5. The lowest BCUT2D eigenvalue weighted by atomic mass is 10.1. The predicted molar refractivity (Wildman–Crippen MR) is 137 cm³/mol. The van der Waals surface area contributed by atoms with Gasteiger partial charge in [-0.15, -0.1) is 0 Å². The van der Waals surface area contributed by atoms with E-state index in [4.69, 9.17) is 25.5 Å². The fourth-order valence-electron chi connectivity index (χ4n) is 3.70. The van der Waals surface area contributed by atoms with Crippen LogP contribution in [0.15, 0.2) is 83.5 Å². The van der Waals surface area contributed by atoms with Crippen LogP contribution in [0.1, 0.15) is 33.6 Å². The number of fused-ring (bicyclic) bond motifs is 1. The molecule has 0 aliphatic heterocycles. The minimum Gasteiger partial charge on any atom is -0.486 e. The molecule has 0 aliphatic carbocycles. The number of amides is 1. The Morgan fingerprint density at radius 2 is 1.95 bits per heavy atom. The lowest BCUT2D eigenvalue weighted by Crippen LogP contribution is -2.11. The minimum absolute atomic E-state index is 0.146. The number of nitrogens with zero attached hydrogens (tertiary/aromatic N) is 3. The Kier molecular flexibility index (Phi) is 6.87. The number of carbonyl (C=O) groups excluding carboxylic acids is 2. The van der Waals surface area contributed by atoms with E-state index in [1.54, 1.807) is 78.3 Å². The van der Waals surface area contributed by atoms with Crippen LogP contribution in [-0.2, 0) is 11.3 Å². The average Bonchev–Trinajstić information content (AvgIpc) is 3.55. The summed E-state index contributed by atoms with van der Waals surface area (Å²) in [7, 11) is 0. The molecule has 0 bridgehead atoms. The molecule has 3 aromatic heterocycles. The van der Waals surface area contributed by atoms with Crippen LogP contribution >= 0.6 is 11.6 Å². The molecular weight excluding hydrogens is 496 g/mol. The van der Waals surface area contributed by atoms with Gasteiger partial charge in [-0.3, -0.25) is 4.79 Å². The van der Waals surface area contributed by atoms with Crippen molar-refractivity contribution in [1.82, 2.24) is 14.6 Å². The Balaban J connectivity index is 1.31. The summed E-state index contributed by atoms with van der Waals surface area (Å²) in [5.74, 6) is 0.346. The Morgan fingerprint density at radius 1 is 1.08 bits per heavy atom. The smallest absolute Gasteiger partial charge is 0.343 e. The molecule has 0 aliphatic rings. The van der Waals surface area contributed by atoms with Crippen molar-refractivity contribution >= 4 is 34.8 Å². The number of rotatable bonds is 8. The highest BCUT2D eigenvalue weighted by Gasteiger charge is 2.18. The Hall–Kier alpha value is -4.63. The normalized spacial score (nSPS) is 10.9. The van der Waals surface area contributed by atoms with E-state index in [1.165, 1.54) is 6.20 Å². The number of ether oxygens (including phenoxy) is 2. The van der Waals surface area contributed by atoms with E-state index in [1.807, 2.05) is 6.07 Å². The highest BCUT2D eigenvalue weighted by molar-refractivity contribution is 6.30. The van der Waals surface area contributed by atoms with Crippen LogP contribution in [-0.4, -0.2) is 33.1 Å². The topological polar surface area (TPSA) is 108 Å². The lowest BCUT2D eigenvalue weighted by molar-refractivity contribution is 0.0528. The van der Waals surface area contributed by atoms with Gasteiger partial charge in [0.15, 0.2) is 11.4 Å². The van der Waals surface area contributed by atoms with Gasteiger partial charge in [-0.1, -0.05) is 29.8 Å². The summed E-state index contributed by atoms with van der Waals surface area (Å²) in [6.07, 6.45) is 3.02. The maximum absolute atomic E-state index is 12.8. The van der Waals surface area contributed by atoms with Gasteiger partial charge in [-0.25, -0.2) is 14.3 Å². The Bertz CT molecular complexity index is 1590.